The highest BCUT2D eigenvalue weighted by molar-refractivity contribution is 7.99. The van der Waals surface area contributed by atoms with E-state index in [9.17, 15) is 0 Å². The van der Waals surface area contributed by atoms with E-state index in [-0.39, 0.29) is 0 Å². The van der Waals surface area contributed by atoms with Crippen molar-refractivity contribution in [3.05, 3.63) is 204 Å². The Labute approximate surface area is 367 Å². The number of hydrogen-bond donors (Lipinski definition) is 0. The zero-order chi connectivity index (χ0) is 42.0. The molecule has 0 amide bonds. The number of aromatic nitrogens is 4. The van der Waals surface area contributed by atoms with E-state index in [1.165, 1.54) is 53.3 Å². The van der Waals surface area contributed by atoms with Gasteiger partial charge in [0, 0.05) is 43.7 Å². The molecule has 2 aliphatic rings. The lowest BCUT2D eigenvalue weighted by molar-refractivity contribution is 0.871. The van der Waals surface area contributed by atoms with Crippen molar-refractivity contribution < 1.29 is 0 Å². The highest BCUT2D eigenvalue weighted by Gasteiger charge is 2.48. The van der Waals surface area contributed by atoms with Crippen LogP contribution in [0.5, 0.6) is 0 Å². The van der Waals surface area contributed by atoms with Gasteiger partial charge in [-0.25, -0.2) is 0 Å². The Bertz CT molecular complexity index is 2990. The van der Waals surface area contributed by atoms with Gasteiger partial charge in [-0.3, -0.25) is 0 Å². The average molecular weight is 835 g/mol. The molecule has 0 saturated heterocycles. The summed E-state index contributed by atoms with van der Waals surface area (Å²) in [5, 5.41) is 24.5. The molecule has 0 unspecified atom stereocenters. The van der Waals surface area contributed by atoms with Crippen molar-refractivity contribution >= 4 is 74.7 Å². The Morgan fingerprint density at radius 3 is 1.10 bits per heavy atom. The van der Waals surface area contributed by atoms with Gasteiger partial charge in [-0.05, 0) is 131 Å². The van der Waals surface area contributed by atoms with Gasteiger partial charge < -0.3 is 9.80 Å². The summed E-state index contributed by atoms with van der Waals surface area (Å²) in [5.41, 5.74) is 13.1. The Kier molecular flexibility index (Phi) is 9.21. The molecular weight excluding hydrogens is 793 g/mol. The van der Waals surface area contributed by atoms with Crippen LogP contribution in [0, 0.1) is 27.7 Å². The number of nitrogens with zero attached hydrogens (tertiary/aromatic N) is 6. The fourth-order valence-electron chi connectivity index (χ4n) is 9.95. The Balaban J connectivity index is 0.965. The number of rotatable bonds is 6. The molecule has 9 aromatic rings. The highest BCUT2D eigenvalue weighted by Crippen LogP contribution is 2.52. The van der Waals surface area contributed by atoms with Crippen molar-refractivity contribution in [2.24, 2.45) is 0 Å². The molecule has 0 N–H and O–H groups in total. The number of benzene rings is 8. The summed E-state index contributed by atoms with van der Waals surface area (Å²) < 4.78 is 0. The van der Waals surface area contributed by atoms with E-state index in [1.54, 1.807) is 0 Å². The molecule has 0 radical (unpaired) electrons. The summed E-state index contributed by atoms with van der Waals surface area (Å²) in [6, 6.07) is 66.4. The molecule has 0 aliphatic carbocycles. The van der Waals surface area contributed by atoms with Crippen molar-refractivity contribution in [3.63, 3.8) is 0 Å². The number of aryl methyl sites for hydroxylation is 4. The third kappa shape index (κ3) is 5.93. The van der Waals surface area contributed by atoms with Gasteiger partial charge in [0.25, 0.3) is 0 Å². The largest absolute Gasteiger partial charge is 0.311 e. The van der Waals surface area contributed by atoms with Crippen LogP contribution in [0.3, 0.4) is 0 Å². The molecule has 3 heterocycles. The summed E-state index contributed by atoms with van der Waals surface area (Å²) in [4.78, 5) is 7.27. The van der Waals surface area contributed by atoms with E-state index in [0.717, 1.165) is 44.8 Å². The number of fused-ring (bicyclic) bond motifs is 4. The molecule has 0 fully saturated rings. The van der Waals surface area contributed by atoms with E-state index in [4.69, 9.17) is 20.4 Å². The second-order valence-corrected chi connectivity index (χ2v) is 21.0. The van der Waals surface area contributed by atoms with Gasteiger partial charge in [0.05, 0.1) is 11.4 Å². The molecule has 62 heavy (non-hydrogen) atoms. The van der Waals surface area contributed by atoms with Gasteiger partial charge in [0.1, 0.15) is 0 Å². The van der Waals surface area contributed by atoms with Gasteiger partial charge in [0.2, 0.25) is 11.6 Å². The maximum Gasteiger partial charge on any atom is 0.204 e. The van der Waals surface area contributed by atoms with E-state index in [0.29, 0.717) is 11.6 Å². The second-order valence-electron chi connectivity index (χ2n) is 16.2. The molecule has 1 aromatic heterocycles. The molecule has 0 atom stereocenters. The smallest absolute Gasteiger partial charge is 0.204 e. The first kappa shape index (κ1) is 37.8. The molecule has 8 heteroatoms. The topological polar surface area (TPSA) is 58.0 Å². The summed E-state index contributed by atoms with van der Waals surface area (Å²) in [6.07, 6.45) is 0. The van der Waals surface area contributed by atoms with Crippen molar-refractivity contribution in [1.82, 2.24) is 20.4 Å². The summed E-state index contributed by atoms with van der Waals surface area (Å²) in [6.45, 7) is 8.52. The van der Waals surface area contributed by atoms with Crippen LogP contribution in [0.25, 0.3) is 22.8 Å². The third-order valence-electron chi connectivity index (χ3n) is 12.4. The molecule has 8 aromatic carbocycles. The average Bonchev–Trinajstić information content (AvgIpc) is 3.30. The van der Waals surface area contributed by atoms with Crippen molar-refractivity contribution in [1.29, 1.82) is 0 Å². The fourth-order valence-corrected chi connectivity index (χ4v) is 16.1. The van der Waals surface area contributed by atoms with Crippen molar-refractivity contribution in [2.75, 3.05) is 9.80 Å². The van der Waals surface area contributed by atoms with Gasteiger partial charge in [-0.1, -0.05) is 133 Å². The van der Waals surface area contributed by atoms with Crippen LogP contribution >= 0.6 is 11.8 Å². The lowest BCUT2D eigenvalue weighted by atomic mass is 9.99. The van der Waals surface area contributed by atoms with Gasteiger partial charge in [-0.15, -0.1) is 20.4 Å². The van der Waals surface area contributed by atoms with Crippen molar-refractivity contribution in [2.45, 2.75) is 37.5 Å². The quantitative estimate of drug-likeness (QED) is 0.155. The number of hydrogen-bond acceptors (Lipinski definition) is 7. The lowest BCUT2D eigenvalue weighted by Gasteiger charge is -2.45. The Morgan fingerprint density at radius 2 is 0.694 bits per heavy atom. The minimum Gasteiger partial charge on any atom is -0.311 e. The first-order valence-corrected chi connectivity index (χ1v) is 23.8. The van der Waals surface area contributed by atoms with Gasteiger partial charge in [0.15, 0.2) is 8.07 Å². The van der Waals surface area contributed by atoms with Crippen LogP contribution < -0.4 is 30.5 Å². The molecule has 0 bridgehead atoms. The van der Waals surface area contributed by atoms with E-state index >= 15 is 0 Å². The first-order chi connectivity index (χ1) is 30.4. The van der Waals surface area contributed by atoms with E-state index < -0.39 is 8.07 Å². The summed E-state index contributed by atoms with van der Waals surface area (Å²) in [7, 11) is -2.71. The van der Waals surface area contributed by atoms with E-state index in [2.05, 4.69) is 219 Å². The van der Waals surface area contributed by atoms with E-state index in [1.807, 2.05) is 11.8 Å². The summed E-state index contributed by atoms with van der Waals surface area (Å²) in [5.74, 6) is 1.03. The monoisotopic (exact) mass is 834 g/mol. The maximum absolute atomic E-state index is 4.76. The molecule has 2 aliphatic heterocycles. The van der Waals surface area contributed by atoms with Crippen LogP contribution in [-0.4, -0.2) is 28.5 Å². The first-order valence-electron chi connectivity index (χ1n) is 21.0. The molecule has 0 spiro atoms. The standard InChI is InChI=1S/C54H42N6SSi/c1-35-31-39(59-43-23-11-15-27-47(43)61-48-28-16-12-24-44(48)59)32-36(2)51(35)53-55-57-54(58-56-53)52-37(3)33-40(34-38(52)4)60-45-25-13-17-29-49(45)62(41-19-7-5-8-20-41,42-21-9-6-10-22-42)50-30-18-14-26-46(50)60/h5-34H,1-4H3. The highest BCUT2D eigenvalue weighted by atomic mass is 32.2. The van der Waals surface area contributed by atoms with Crippen LogP contribution in [-0.2, 0) is 0 Å². The van der Waals surface area contributed by atoms with Gasteiger partial charge in [-0.2, -0.15) is 0 Å². The van der Waals surface area contributed by atoms with Crippen LogP contribution in [0.1, 0.15) is 22.3 Å². The SMILES string of the molecule is Cc1cc(N2c3ccccc3Sc3ccccc32)cc(C)c1-c1nnc(-c2c(C)cc(N3c4ccccc4[Si](c4ccccc4)(c4ccccc4)c4ccccc43)cc2C)nn1. The zero-order valence-electron chi connectivity index (χ0n) is 34.9. The Hall–Kier alpha value is -7.13. The maximum atomic E-state index is 4.76. The predicted molar refractivity (Wildman–Crippen MR) is 258 cm³/mol. The van der Waals surface area contributed by atoms with Crippen molar-refractivity contribution in [3.8, 4) is 22.8 Å². The van der Waals surface area contributed by atoms with Crippen LogP contribution in [0.15, 0.2) is 192 Å². The van der Waals surface area contributed by atoms with Crippen LogP contribution in [0.2, 0.25) is 0 Å². The Morgan fingerprint density at radius 1 is 0.371 bits per heavy atom. The summed E-state index contributed by atoms with van der Waals surface area (Å²) >= 11 is 1.81. The van der Waals surface area contributed by atoms with Gasteiger partial charge >= 0.3 is 0 Å². The predicted octanol–water partition coefficient (Wildman–Crippen LogP) is 10.9. The number of anilines is 6. The minimum absolute atomic E-state index is 0.514. The molecule has 0 saturated carbocycles. The molecule has 11 rings (SSSR count). The fraction of sp³-hybridized carbons (Fsp3) is 0.0741. The molecular formula is C54H42N6SSi. The zero-order valence-corrected chi connectivity index (χ0v) is 36.7. The third-order valence-corrected chi connectivity index (χ3v) is 18.4. The minimum atomic E-state index is -2.71. The molecule has 298 valence electrons. The van der Waals surface area contributed by atoms with Crippen LogP contribution in [0.4, 0.5) is 34.1 Å². The lowest BCUT2D eigenvalue weighted by Crippen LogP contribution is -2.77. The number of para-hydroxylation sites is 4. The molecule has 6 nitrogen and oxygen atoms in total. The second kappa shape index (κ2) is 15.1. The normalized spacial score (nSPS) is 13.5.